The molecule has 4 heteroatoms. The first-order valence-corrected chi connectivity index (χ1v) is 6.25. The molecule has 2 unspecified atom stereocenters. The van der Waals surface area contributed by atoms with Crippen LogP contribution in [0.5, 0.6) is 0 Å². The molecule has 1 aliphatic heterocycles. The van der Waals surface area contributed by atoms with Crippen molar-refractivity contribution in [3.8, 4) is 0 Å². The van der Waals surface area contributed by atoms with E-state index in [0.29, 0.717) is 18.6 Å². The zero-order valence-electron chi connectivity index (χ0n) is 10.7. The molecular weight excluding hydrogens is 216 g/mol. The molecule has 2 heterocycles. The number of furan rings is 1. The van der Waals surface area contributed by atoms with E-state index in [1.165, 1.54) is 6.42 Å². The van der Waals surface area contributed by atoms with Gasteiger partial charge >= 0.3 is 0 Å². The van der Waals surface area contributed by atoms with Crippen LogP contribution in [0, 0.1) is 5.92 Å². The van der Waals surface area contributed by atoms with Crippen molar-refractivity contribution in [2.24, 2.45) is 11.7 Å². The van der Waals surface area contributed by atoms with Crippen LogP contribution in [0.1, 0.15) is 24.9 Å². The van der Waals surface area contributed by atoms with Gasteiger partial charge in [0, 0.05) is 13.7 Å². The normalized spacial score (nSPS) is 26.3. The summed E-state index contributed by atoms with van der Waals surface area (Å²) in [6.45, 7) is 5.67. The predicted molar refractivity (Wildman–Crippen MR) is 66.5 cm³/mol. The second-order valence-corrected chi connectivity index (χ2v) is 4.85. The van der Waals surface area contributed by atoms with Gasteiger partial charge in [0.15, 0.2) is 0 Å². The maximum atomic E-state index is 5.62. The fraction of sp³-hybridized carbons (Fsp3) is 0.692. The number of hydrogen-bond acceptors (Lipinski definition) is 4. The molecule has 2 rings (SSSR count). The van der Waals surface area contributed by atoms with E-state index in [4.69, 9.17) is 14.9 Å². The lowest BCUT2D eigenvalue weighted by Gasteiger charge is -2.35. The molecule has 96 valence electrons. The summed E-state index contributed by atoms with van der Waals surface area (Å²) >= 11 is 0. The van der Waals surface area contributed by atoms with Gasteiger partial charge < -0.3 is 14.9 Å². The van der Waals surface area contributed by atoms with Gasteiger partial charge in [-0.2, -0.15) is 0 Å². The second-order valence-electron chi connectivity index (χ2n) is 4.85. The van der Waals surface area contributed by atoms with E-state index < -0.39 is 0 Å². The van der Waals surface area contributed by atoms with E-state index >= 15 is 0 Å². The molecule has 1 fully saturated rings. The third-order valence-corrected chi connectivity index (χ3v) is 3.57. The van der Waals surface area contributed by atoms with Crippen LogP contribution in [0.2, 0.25) is 0 Å². The number of methoxy groups -OCH3 is 1. The Hall–Kier alpha value is -0.840. The maximum absolute atomic E-state index is 5.62. The number of hydrogen-bond donors (Lipinski definition) is 1. The van der Waals surface area contributed by atoms with E-state index in [0.717, 1.165) is 31.2 Å². The van der Waals surface area contributed by atoms with Gasteiger partial charge in [-0.1, -0.05) is 6.92 Å². The molecule has 0 saturated carbocycles. The largest absolute Gasteiger partial charge is 0.463 e. The van der Waals surface area contributed by atoms with Crippen LogP contribution in [-0.2, 0) is 17.8 Å². The number of likely N-dealkylation sites (tertiary alicyclic amines) is 1. The Morgan fingerprint density at radius 1 is 1.47 bits per heavy atom. The summed E-state index contributed by atoms with van der Waals surface area (Å²) in [4.78, 5) is 2.38. The lowest BCUT2D eigenvalue weighted by Crippen LogP contribution is -2.43. The minimum Gasteiger partial charge on any atom is -0.463 e. The van der Waals surface area contributed by atoms with Gasteiger partial charge in [-0.25, -0.2) is 0 Å². The molecule has 0 spiro atoms. The standard InChI is InChI=1S/C13H22N2O2/c1-10-5-6-15(9-13(10)16-2)8-12-4-3-11(7-14)17-12/h3-4,10,13H,5-9,14H2,1-2H3. The highest BCUT2D eigenvalue weighted by Gasteiger charge is 2.26. The summed E-state index contributed by atoms with van der Waals surface area (Å²) in [7, 11) is 1.80. The van der Waals surface area contributed by atoms with E-state index in [1.807, 2.05) is 12.1 Å². The van der Waals surface area contributed by atoms with Crippen molar-refractivity contribution >= 4 is 0 Å². The maximum Gasteiger partial charge on any atom is 0.118 e. The van der Waals surface area contributed by atoms with E-state index in [1.54, 1.807) is 7.11 Å². The third-order valence-electron chi connectivity index (χ3n) is 3.57. The van der Waals surface area contributed by atoms with Crippen molar-refractivity contribution in [1.82, 2.24) is 4.90 Å². The van der Waals surface area contributed by atoms with Crippen molar-refractivity contribution in [3.63, 3.8) is 0 Å². The first-order valence-electron chi connectivity index (χ1n) is 6.25. The van der Waals surface area contributed by atoms with Crippen LogP contribution in [0.3, 0.4) is 0 Å². The summed E-state index contributed by atoms with van der Waals surface area (Å²) in [5.41, 5.74) is 5.53. The van der Waals surface area contributed by atoms with Crippen molar-refractivity contribution < 1.29 is 9.15 Å². The SMILES string of the molecule is COC1CN(Cc2ccc(CN)o2)CCC1C. The van der Waals surface area contributed by atoms with Gasteiger partial charge in [0.1, 0.15) is 11.5 Å². The molecule has 0 aromatic carbocycles. The monoisotopic (exact) mass is 238 g/mol. The van der Waals surface area contributed by atoms with Gasteiger partial charge in [-0.3, -0.25) is 4.90 Å². The van der Waals surface area contributed by atoms with Crippen molar-refractivity contribution in [2.75, 3.05) is 20.2 Å². The smallest absolute Gasteiger partial charge is 0.118 e. The molecule has 1 aromatic rings. The number of ether oxygens (including phenoxy) is 1. The van der Waals surface area contributed by atoms with Crippen LogP contribution in [0.25, 0.3) is 0 Å². The lowest BCUT2D eigenvalue weighted by atomic mass is 9.96. The van der Waals surface area contributed by atoms with E-state index in [-0.39, 0.29) is 0 Å². The summed E-state index contributed by atoms with van der Waals surface area (Å²) in [5.74, 6) is 2.50. The molecule has 2 atom stereocenters. The number of rotatable bonds is 4. The summed E-state index contributed by atoms with van der Waals surface area (Å²) in [6, 6.07) is 3.97. The molecule has 4 nitrogen and oxygen atoms in total. The Kier molecular flexibility index (Phi) is 4.20. The van der Waals surface area contributed by atoms with Crippen LogP contribution >= 0.6 is 0 Å². The fourth-order valence-electron chi connectivity index (χ4n) is 2.39. The molecule has 0 radical (unpaired) electrons. The number of piperidine rings is 1. The highest BCUT2D eigenvalue weighted by atomic mass is 16.5. The van der Waals surface area contributed by atoms with Crippen molar-refractivity contribution in [3.05, 3.63) is 23.7 Å². The van der Waals surface area contributed by atoms with Crippen LogP contribution < -0.4 is 5.73 Å². The van der Waals surface area contributed by atoms with Gasteiger partial charge in [0.2, 0.25) is 0 Å². The molecule has 17 heavy (non-hydrogen) atoms. The summed E-state index contributed by atoms with van der Waals surface area (Å²) in [6.07, 6.45) is 1.52. The number of nitrogens with zero attached hydrogens (tertiary/aromatic N) is 1. The molecule has 0 bridgehead atoms. The second kappa shape index (κ2) is 5.67. The Bertz CT molecular complexity index is 351. The van der Waals surface area contributed by atoms with Gasteiger partial charge in [0.25, 0.3) is 0 Å². The van der Waals surface area contributed by atoms with E-state index in [9.17, 15) is 0 Å². The molecule has 0 aliphatic carbocycles. The zero-order valence-corrected chi connectivity index (χ0v) is 10.7. The van der Waals surface area contributed by atoms with Crippen LogP contribution in [-0.4, -0.2) is 31.2 Å². The lowest BCUT2D eigenvalue weighted by molar-refractivity contribution is -0.00924. The van der Waals surface area contributed by atoms with Gasteiger partial charge in [0.05, 0.1) is 19.2 Å². The topological polar surface area (TPSA) is 51.6 Å². The minimum absolute atomic E-state index is 0.340. The highest BCUT2D eigenvalue weighted by molar-refractivity contribution is 5.07. The highest BCUT2D eigenvalue weighted by Crippen LogP contribution is 2.21. The zero-order chi connectivity index (χ0) is 12.3. The Morgan fingerprint density at radius 3 is 2.88 bits per heavy atom. The summed E-state index contributed by atoms with van der Waals surface area (Å²) in [5, 5.41) is 0. The molecular formula is C13H22N2O2. The quantitative estimate of drug-likeness (QED) is 0.865. The van der Waals surface area contributed by atoms with E-state index in [2.05, 4.69) is 11.8 Å². The van der Waals surface area contributed by atoms with Crippen LogP contribution in [0.4, 0.5) is 0 Å². The molecule has 1 saturated heterocycles. The Labute approximate surface area is 103 Å². The third kappa shape index (κ3) is 3.09. The minimum atomic E-state index is 0.340. The molecule has 1 aliphatic rings. The molecule has 1 aromatic heterocycles. The average molecular weight is 238 g/mol. The van der Waals surface area contributed by atoms with Crippen LogP contribution in [0.15, 0.2) is 16.5 Å². The first-order chi connectivity index (χ1) is 8.22. The summed E-state index contributed by atoms with van der Waals surface area (Å²) < 4.78 is 11.1. The predicted octanol–water partition coefficient (Wildman–Crippen LogP) is 1.60. The van der Waals surface area contributed by atoms with Gasteiger partial charge in [-0.15, -0.1) is 0 Å². The molecule has 0 amide bonds. The first kappa shape index (κ1) is 12.6. The number of nitrogens with two attached hydrogens (primary N) is 1. The van der Waals surface area contributed by atoms with Gasteiger partial charge in [-0.05, 0) is 31.0 Å². The van der Waals surface area contributed by atoms with Crippen molar-refractivity contribution in [2.45, 2.75) is 32.5 Å². The van der Waals surface area contributed by atoms with Crippen molar-refractivity contribution in [1.29, 1.82) is 0 Å². The Morgan fingerprint density at radius 2 is 2.24 bits per heavy atom. The molecule has 2 N–H and O–H groups in total. The fourth-order valence-corrected chi connectivity index (χ4v) is 2.39. The Balaban J connectivity index is 1.90. The average Bonchev–Trinajstić information content (AvgIpc) is 2.79.